The van der Waals surface area contributed by atoms with E-state index < -0.39 is 16.6 Å². The summed E-state index contributed by atoms with van der Waals surface area (Å²) in [7, 11) is -3.46. The molecule has 0 heterocycles. The smallest absolute Gasteiger partial charge is 0.293 e. The highest BCUT2D eigenvalue weighted by Gasteiger charge is 2.40. The Bertz CT molecular complexity index is 524. The fraction of sp³-hybridized carbons (Fsp3) is 1.00. The predicted octanol–water partition coefficient (Wildman–Crippen LogP) is 10.6. The summed E-state index contributed by atoms with van der Waals surface area (Å²) in [5, 5.41) is 0.535. The van der Waals surface area contributed by atoms with Gasteiger partial charge in [0.25, 0.3) is 6.92 Å². The second kappa shape index (κ2) is 16.5. The first kappa shape index (κ1) is 36.4. The van der Waals surface area contributed by atoms with Gasteiger partial charge in [-0.2, -0.15) is 0 Å². The Kier molecular flexibility index (Phi) is 16.6. The van der Waals surface area contributed by atoms with Crippen LogP contribution in [0.5, 0.6) is 0 Å². The quantitative estimate of drug-likeness (QED) is 0.152. The molecular formula is C30H67BO3Si2. The van der Waals surface area contributed by atoms with Crippen molar-refractivity contribution < 1.29 is 13.5 Å². The highest BCUT2D eigenvalue weighted by Crippen LogP contribution is 2.39. The topological polar surface area (TPSA) is 27.7 Å². The first-order valence-electron chi connectivity index (χ1n) is 15.3. The zero-order chi connectivity index (χ0) is 28.2. The van der Waals surface area contributed by atoms with Crippen molar-refractivity contribution in [1.82, 2.24) is 0 Å². The molecule has 0 aliphatic rings. The third-order valence-electron chi connectivity index (χ3n) is 8.53. The van der Waals surface area contributed by atoms with Crippen LogP contribution in [0.4, 0.5) is 0 Å². The van der Waals surface area contributed by atoms with Crippen LogP contribution < -0.4 is 0 Å². The lowest BCUT2D eigenvalue weighted by Gasteiger charge is -2.39. The third-order valence-corrected chi connectivity index (χ3v) is 17.6. The van der Waals surface area contributed by atoms with Crippen LogP contribution in [0.2, 0.25) is 48.9 Å². The van der Waals surface area contributed by atoms with E-state index in [4.69, 9.17) is 13.5 Å². The van der Waals surface area contributed by atoms with Crippen LogP contribution in [-0.4, -0.2) is 42.4 Å². The fourth-order valence-electron chi connectivity index (χ4n) is 4.14. The minimum atomic E-state index is -1.73. The molecule has 0 N–H and O–H groups in total. The van der Waals surface area contributed by atoms with E-state index in [9.17, 15) is 0 Å². The van der Waals surface area contributed by atoms with Crippen molar-refractivity contribution in [2.24, 2.45) is 5.92 Å². The molecule has 0 bridgehead atoms. The summed E-state index contributed by atoms with van der Waals surface area (Å²) >= 11 is 0. The van der Waals surface area contributed by atoms with Gasteiger partial charge in [-0.25, -0.2) is 0 Å². The summed E-state index contributed by atoms with van der Waals surface area (Å²) in [4.78, 5) is 0. The molecule has 216 valence electrons. The minimum Gasteiger partial charge on any atom is -0.436 e. The second-order valence-electron chi connectivity index (χ2n) is 14.8. The fourth-order valence-corrected chi connectivity index (χ4v) is 6.99. The molecule has 3 nitrogen and oxygen atoms in total. The summed E-state index contributed by atoms with van der Waals surface area (Å²) in [5.74, 6) is 0.581. The van der Waals surface area contributed by atoms with Crippen LogP contribution in [-0.2, 0) is 13.5 Å². The average molecular weight is 543 g/mol. The van der Waals surface area contributed by atoms with E-state index in [1.807, 2.05) is 0 Å². The lowest BCUT2D eigenvalue weighted by molar-refractivity contribution is 0.157. The van der Waals surface area contributed by atoms with Gasteiger partial charge in [0.15, 0.2) is 16.6 Å². The molecule has 0 saturated heterocycles. The molecule has 0 aromatic heterocycles. The molecule has 0 amide bonds. The van der Waals surface area contributed by atoms with Crippen LogP contribution in [0.15, 0.2) is 0 Å². The molecule has 2 atom stereocenters. The maximum atomic E-state index is 6.82. The molecule has 0 fully saturated rings. The van der Waals surface area contributed by atoms with Gasteiger partial charge in [-0.05, 0) is 80.5 Å². The molecule has 0 spiro atoms. The van der Waals surface area contributed by atoms with Crippen molar-refractivity contribution in [2.45, 2.75) is 182 Å². The number of hydrogen-bond acceptors (Lipinski definition) is 3. The first-order valence-corrected chi connectivity index (χ1v) is 21.1. The summed E-state index contributed by atoms with van der Waals surface area (Å²) in [5.41, 5.74) is 0. The van der Waals surface area contributed by atoms with Crippen LogP contribution in [0, 0.1) is 5.92 Å². The summed E-state index contributed by atoms with van der Waals surface area (Å²) in [6.45, 7) is 33.9. The number of hydrogen-bond donors (Lipinski definition) is 0. The van der Waals surface area contributed by atoms with E-state index >= 15 is 0 Å². The van der Waals surface area contributed by atoms with E-state index in [2.05, 4.69) is 95.4 Å². The van der Waals surface area contributed by atoms with Crippen LogP contribution in [0.3, 0.4) is 0 Å². The van der Waals surface area contributed by atoms with Gasteiger partial charge < -0.3 is 13.5 Å². The Labute approximate surface area is 231 Å². The van der Waals surface area contributed by atoms with E-state index in [1.54, 1.807) is 0 Å². The normalized spacial score (nSPS) is 15.4. The Balaban J connectivity index is 4.99. The highest BCUT2D eigenvalue weighted by molar-refractivity contribution is 6.74. The Morgan fingerprint density at radius 2 is 1.00 bits per heavy atom. The zero-order valence-corrected chi connectivity index (χ0v) is 29.3. The third kappa shape index (κ3) is 14.5. The molecule has 0 rings (SSSR count). The van der Waals surface area contributed by atoms with E-state index in [1.165, 1.54) is 38.5 Å². The second-order valence-corrected chi connectivity index (χ2v) is 24.3. The summed E-state index contributed by atoms with van der Waals surface area (Å²) in [6, 6.07) is 0. The van der Waals surface area contributed by atoms with Crippen LogP contribution in [0.1, 0.15) is 121 Å². The van der Waals surface area contributed by atoms with Crippen LogP contribution in [0.25, 0.3) is 0 Å². The highest BCUT2D eigenvalue weighted by atomic mass is 28.4. The molecule has 0 aliphatic carbocycles. The molecule has 0 saturated carbocycles. The average Bonchev–Trinajstić information content (AvgIpc) is 2.69. The van der Waals surface area contributed by atoms with E-state index in [0.717, 1.165) is 32.1 Å². The molecular weight excluding hydrogens is 475 g/mol. The minimum absolute atomic E-state index is 0.267. The summed E-state index contributed by atoms with van der Waals surface area (Å²) < 4.78 is 20.1. The molecule has 36 heavy (non-hydrogen) atoms. The van der Waals surface area contributed by atoms with Crippen molar-refractivity contribution in [3.05, 3.63) is 0 Å². The summed E-state index contributed by atoms with van der Waals surface area (Å²) in [6.07, 6.45) is 12.5. The van der Waals surface area contributed by atoms with Gasteiger partial charge in [0.05, 0.1) is 0 Å². The maximum absolute atomic E-state index is 6.82. The molecule has 0 aromatic carbocycles. The molecule has 0 unspecified atom stereocenters. The molecule has 0 aliphatic heterocycles. The predicted molar refractivity (Wildman–Crippen MR) is 169 cm³/mol. The van der Waals surface area contributed by atoms with Crippen molar-refractivity contribution in [2.75, 3.05) is 6.61 Å². The number of rotatable bonds is 19. The van der Waals surface area contributed by atoms with Gasteiger partial charge in [-0.15, -0.1) is 0 Å². The SMILES string of the molecule is CCC[C@@H](CCCB(CCC[C@H](CCC)O[Si](C)(C)C(C)(C)C)OCC(C)C)O[Si](C)(C)C(C)(C)C. The van der Waals surface area contributed by atoms with Gasteiger partial charge in [0.1, 0.15) is 0 Å². The lowest BCUT2D eigenvalue weighted by atomic mass is 9.59. The largest absolute Gasteiger partial charge is 0.436 e. The van der Waals surface area contributed by atoms with Gasteiger partial charge in [0.2, 0.25) is 0 Å². The van der Waals surface area contributed by atoms with Gasteiger partial charge in [0, 0.05) is 18.8 Å². The lowest BCUT2D eigenvalue weighted by Crippen LogP contribution is -2.44. The zero-order valence-electron chi connectivity index (χ0n) is 27.3. The maximum Gasteiger partial charge on any atom is 0.293 e. The van der Waals surface area contributed by atoms with Crippen molar-refractivity contribution in [1.29, 1.82) is 0 Å². The molecule has 0 radical (unpaired) electrons. The standard InChI is InChI=1S/C30H67BO3Si2/c1-15-19-27(33-35(11,12)29(5,6)7)21-17-23-31(32-25-26(3)4)24-18-22-28(20-16-2)34-36(13,14)30(8,9)10/h26-28H,15-25H2,1-14H3/t27-,28-/m0/s1. The van der Waals surface area contributed by atoms with Gasteiger partial charge in [-0.1, -0.05) is 94.9 Å². The van der Waals surface area contributed by atoms with Crippen molar-refractivity contribution in [3.8, 4) is 0 Å². The van der Waals surface area contributed by atoms with Crippen molar-refractivity contribution >= 4 is 23.6 Å². The molecule has 6 heteroatoms. The van der Waals surface area contributed by atoms with Crippen LogP contribution >= 0.6 is 0 Å². The molecule has 0 aromatic rings. The first-order chi connectivity index (χ1) is 16.4. The Morgan fingerprint density at radius 1 is 0.639 bits per heavy atom. The Hall–Kier alpha value is 0.379. The van der Waals surface area contributed by atoms with Crippen molar-refractivity contribution in [3.63, 3.8) is 0 Å². The monoisotopic (exact) mass is 542 g/mol. The van der Waals surface area contributed by atoms with E-state index in [0.29, 0.717) is 25.0 Å². The van der Waals surface area contributed by atoms with Gasteiger partial charge in [-0.3, -0.25) is 0 Å². The van der Waals surface area contributed by atoms with E-state index in [-0.39, 0.29) is 10.1 Å². The van der Waals surface area contributed by atoms with Gasteiger partial charge >= 0.3 is 0 Å². The Morgan fingerprint density at radius 3 is 1.28 bits per heavy atom.